The fourth-order valence-corrected chi connectivity index (χ4v) is 1.46. The van der Waals surface area contributed by atoms with Gasteiger partial charge < -0.3 is 5.73 Å². The van der Waals surface area contributed by atoms with Crippen molar-refractivity contribution >= 4 is 22.5 Å². The molecule has 0 saturated heterocycles. The highest BCUT2D eigenvalue weighted by Gasteiger charge is 1.95. The van der Waals surface area contributed by atoms with Gasteiger partial charge in [0.15, 0.2) is 9.84 Å². The van der Waals surface area contributed by atoms with Crippen molar-refractivity contribution in [3.05, 3.63) is 10.3 Å². The Labute approximate surface area is 60.3 Å². The van der Waals surface area contributed by atoms with Gasteiger partial charge in [-0.1, -0.05) is 0 Å². The van der Waals surface area contributed by atoms with Crippen LogP contribution >= 0.6 is 12.6 Å². The van der Waals surface area contributed by atoms with E-state index in [0.29, 0.717) is 4.91 Å². The Kier molecular flexibility index (Phi) is 3.24. The van der Waals surface area contributed by atoms with Gasteiger partial charge in [0.2, 0.25) is 0 Å². The summed E-state index contributed by atoms with van der Waals surface area (Å²) in [6.07, 6.45) is 1.10. The van der Waals surface area contributed by atoms with Crippen LogP contribution in [0.25, 0.3) is 0 Å². The number of thiol groups is 1. The minimum Gasteiger partial charge on any atom is -0.326 e. The molecule has 54 valence electrons. The van der Waals surface area contributed by atoms with Crippen molar-refractivity contribution in [3.8, 4) is 0 Å². The van der Waals surface area contributed by atoms with Gasteiger partial charge in [-0.05, 0) is 0 Å². The monoisotopic (exact) mass is 167 g/mol. The first-order valence-electron chi connectivity index (χ1n) is 2.25. The summed E-state index contributed by atoms with van der Waals surface area (Å²) in [5.74, 6) is 0. The van der Waals surface area contributed by atoms with E-state index in [4.69, 9.17) is 5.73 Å². The summed E-state index contributed by atoms with van der Waals surface area (Å²) in [7, 11) is -3.05. The zero-order chi connectivity index (χ0) is 7.49. The first kappa shape index (κ1) is 9.00. The van der Waals surface area contributed by atoms with Crippen LogP contribution in [0.5, 0.6) is 0 Å². The van der Waals surface area contributed by atoms with Crippen molar-refractivity contribution in [3.63, 3.8) is 0 Å². The standard InChI is InChI=1S/C4H9NO2S2/c1-9(6,7)3-4(8)2-5/h3,8H,2,5H2,1H3/b4-3+. The van der Waals surface area contributed by atoms with Gasteiger partial charge >= 0.3 is 0 Å². The highest BCUT2D eigenvalue weighted by molar-refractivity contribution is 7.94. The Balaban J connectivity index is 4.32. The normalized spacial score (nSPS) is 13.9. The Hall–Kier alpha value is -0.0000000000000000763. The SMILES string of the molecule is CS(=O)(=O)/C=C(/S)CN. The third-order valence-corrected chi connectivity index (χ3v) is 1.76. The highest BCUT2D eigenvalue weighted by Crippen LogP contribution is 1.99. The molecule has 0 fully saturated rings. The Bertz CT molecular complexity index is 205. The molecule has 0 saturated carbocycles. The molecule has 0 aromatic carbocycles. The largest absolute Gasteiger partial charge is 0.326 e. The van der Waals surface area contributed by atoms with Crippen LogP contribution in [0.3, 0.4) is 0 Å². The molecular weight excluding hydrogens is 158 g/mol. The summed E-state index contributed by atoms with van der Waals surface area (Å²) in [4.78, 5) is 0.373. The predicted molar refractivity (Wildman–Crippen MR) is 41.0 cm³/mol. The summed E-state index contributed by atoms with van der Waals surface area (Å²) in [6.45, 7) is 0.163. The fraction of sp³-hybridized carbons (Fsp3) is 0.500. The van der Waals surface area contributed by atoms with E-state index in [-0.39, 0.29) is 6.54 Å². The van der Waals surface area contributed by atoms with E-state index < -0.39 is 9.84 Å². The van der Waals surface area contributed by atoms with Crippen LogP contribution in [0, 0.1) is 0 Å². The molecule has 0 amide bonds. The van der Waals surface area contributed by atoms with Crippen molar-refractivity contribution in [1.29, 1.82) is 0 Å². The quantitative estimate of drug-likeness (QED) is 0.558. The molecule has 0 rings (SSSR count). The average Bonchev–Trinajstić information content (AvgIpc) is 1.62. The van der Waals surface area contributed by atoms with Crippen LogP contribution < -0.4 is 5.73 Å². The number of sulfone groups is 1. The predicted octanol–water partition coefficient (Wildman–Crippen LogP) is -0.239. The van der Waals surface area contributed by atoms with Gasteiger partial charge in [0.1, 0.15) is 0 Å². The zero-order valence-electron chi connectivity index (χ0n) is 5.03. The fourth-order valence-electron chi connectivity index (χ4n) is 0.295. The smallest absolute Gasteiger partial charge is 0.169 e. The second kappa shape index (κ2) is 3.24. The molecule has 3 nitrogen and oxygen atoms in total. The van der Waals surface area contributed by atoms with E-state index in [0.717, 1.165) is 11.7 Å². The summed E-state index contributed by atoms with van der Waals surface area (Å²) >= 11 is 3.78. The molecule has 0 bridgehead atoms. The zero-order valence-corrected chi connectivity index (χ0v) is 6.74. The molecule has 5 heteroatoms. The molecule has 0 aliphatic heterocycles. The van der Waals surface area contributed by atoms with Crippen molar-refractivity contribution in [2.24, 2.45) is 5.73 Å². The van der Waals surface area contributed by atoms with Gasteiger partial charge in [-0.25, -0.2) is 8.42 Å². The first-order chi connectivity index (χ1) is 3.95. The molecule has 0 aromatic rings. The van der Waals surface area contributed by atoms with Crippen LogP contribution in [-0.4, -0.2) is 21.2 Å². The van der Waals surface area contributed by atoms with Crippen LogP contribution in [0.4, 0.5) is 0 Å². The molecule has 0 heterocycles. The topological polar surface area (TPSA) is 60.2 Å². The number of hydrogen-bond acceptors (Lipinski definition) is 4. The molecule has 0 aromatic heterocycles. The molecule has 0 spiro atoms. The maximum atomic E-state index is 10.4. The van der Waals surface area contributed by atoms with Crippen LogP contribution in [0.1, 0.15) is 0 Å². The number of rotatable bonds is 2. The average molecular weight is 167 g/mol. The lowest BCUT2D eigenvalue weighted by Crippen LogP contribution is -2.00. The summed E-state index contributed by atoms with van der Waals surface area (Å²) < 4.78 is 20.8. The van der Waals surface area contributed by atoms with Gasteiger partial charge in [-0.2, -0.15) is 0 Å². The van der Waals surface area contributed by atoms with Crippen LogP contribution in [0.15, 0.2) is 10.3 Å². The molecule has 0 radical (unpaired) electrons. The summed E-state index contributed by atoms with van der Waals surface area (Å²) in [5, 5.41) is 1.04. The Morgan fingerprint density at radius 3 is 2.33 bits per heavy atom. The lowest BCUT2D eigenvalue weighted by Gasteiger charge is -1.90. The van der Waals surface area contributed by atoms with E-state index in [9.17, 15) is 8.42 Å². The third kappa shape index (κ3) is 5.88. The molecular formula is C4H9NO2S2. The van der Waals surface area contributed by atoms with Crippen LogP contribution in [0.2, 0.25) is 0 Å². The third-order valence-electron chi connectivity index (χ3n) is 0.559. The molecule has 0 unspecified atom stereocenters. The number of hydrogen-bond donors (Lipinski definition) is 2. The lowest BCUT2D eigenvalue weighted by atomic mass is 10.6. The van der Waals surface area contributed by atoms with E-state index in [2.05, 4.69) is 12.6 Å². The summed E-state index contributed by atoms with van der Waals surface area (Å²) in [6, 6.07) is 0. The molecule has 0 atom stereocenters. The van der Waals surface area contributed by atoms with Crippen molar-refractivity contribution in [1.82, 2.24) is 0 Å². The van der Waals surface area contributed by atoms with Crippen molar-refractivity contribution in [2.45, 2.75) is 0 Å². The van der Waals surface area contributed by atoms with Crippen LogP contribution in [-0.2, 0) is 9.84 Å². The maximum Gasteiger partial charge on any atom is 0.169 e. The van der Waals surface area contributed by atoms with E-state index >= 15 is 0 Å². The van der Waals surface area contributed by atoms with Gasteiger partial charge in [-0.3, -0.25) is 0 Å². The minimum atomic E-state index is -3.05. The maximum absolute atomic E-state index is 10.4. The van der Waals surface area contributed by atoms with E-state index in [1.54, 1.807) is 0 Å². The van der Waals surface area contributed by atoms with Gasteiger partial charge in [0.05, 0.1) is 0 Å². The van der Waals surface area contributed by atoms with Crippen molar-refractivity contribution in [2.75, 3.05) is 12.8 Å². The van der Waals surface area contributed by atoms with Gasteiger partial charge in [0.25, 0.3) is 0 Å². The lowest BCUT2D eigenvalue weighted by molar-refractivity contribution is 0.610. The highest BCUT2D eigenvalue weighted by atomic mass is 32.2. The minimum absolute atomic E-state index is 0.163. The molecule has 2 N–H and O–H groups in total. The summed E-state index contributed by atoms with van der Waals surface area (Å²) in [5.41, 5.74) is 5.07. The second-order valence-electron chi connectivity index (χ2n) is 1.64. The Morgan fingerprint density at radius 2 is 2.22 bits per heavy atom. The molecule has 0 aliphatic rings. The second-order valence-corrected chi connectivity index (χ2v) is 4.11. The molecule has 0 aliphatic carbocycles. The number of nitrogens with two attached hydrogens (primary N) is 1. The van der Waals surface area contributed by atoms with E-state index in [1.165, 1.54) is 0 Å². The van der Waals surface area contributed by atoms with Gasteiger partial charge in [-0.15, -0.1) is 12.6 Å². The first-order valence-corrected chi connectivity index (χ1v) is 4.65. The van der Waals surface area contributed by atoms with Gasteiger partial charge in [0, 0.05) is 23.1 Å². The molecule has 9 heavy (non-hydrogen) atoms. The van der Waals surface area contributed by atoms with E-state index in [1.807, 2.05) is 0 Å². The van der Waals surface area contributed by atoms with Crippen molar-refractivity contribution < 1.29 is 8.42 Å². The Morgan fingerprint density at radius 1 is 1.78 bits per heavy atom.